The Morgan fingerprint density at radius 3 is 2.55 bits per heavy atom. The number of pyridine rings is 1. The fraction of sp³-hybridized carbons (Fsp3) is 0.217. The maximum absolute atomic E-state index is 13.0. The van der Waals surface area contributed by atoms with Crippen LogP contribution in [0.1, 0.15) is 26.3 Å². The zero-order valence-electron chi connectivity index (χ0n) is 16.5. The van der Waals surface area contributed by atoms with Crippen LogP contribution in [0.15, 0.2) is 59.4 Å². The molecule has 0 fully saturated rings. The fourth-order valence-corrected chi connectivity index (χ4v) is 3.40. The normalized spacial score (nSPS) is 11.9. The number of H-pyrrole nitrogens is 1. The molecule has 6 nitrogen and oxygen atoms in total. The molecule has 2 N–H and O–H groups in total. The molecule has 4 aromatic rings. The molecule has 0 aliphatic carbocycles. The summed E-state index contributed by atoms with van der Waals surface area (Å²) >= 11 is 0. The van der Waals surface area contributed by atoms with E-state index in [9.17, 15) is 14.7 Å². The van der Waals surface area contributed by atoms with E-state index >= 15 is 0 Å². The summed E-state index contributed by atoms with van der Waals surface area (Å²) in [6, 6.07) is 16.3. The smallest absolute Gasteiger partial charge is 0.419 e. The molecule has 0 atom stereocenters. The molecule has 0 aliphatic heterocycles. The first-order valence-corrected chi connectivity index (χ1v) is 9.38. The minimum Gasteiger partial charge on any atom is -0.443 e. The molecule has 0 amide bonds. The van der Waals surface area contributed by atoms with Gasteiger partial charge in [0.2, 0.25) is 0 Å². The highest BCUT2D eigenvalue weighted by Crippen LogP contribution is 2.29. The van der Waals surface area contributed by atoms with Crippen molar-refractivity contribution in [3.63, 3.8) is 0 Å². The van der Waals surface area contributed by atoms with E-state index in [1.54, 1.807) is 51.1 Å². The first-order valence-electron chi connectivity index (χ1n) is 9.38. The third kappa shape index (κ3) is 3.54. The van der Waals surface area contributed by atoms with E-state index in [0.29, 0.717) is 16.8 Å². The number of fused-ring (bicyclic) bond motifs is 2. The molecular formula is C23H22N2O4. The maximum atomic E-state index is 13.0. The Balaban J connectivity index is 2.00. The number of hydrogen-bond acceptors (Lipinski definition) is 4. The lowest BCUT2D eigenvalue weighted by Crippen LogP contribution is -2.28. The number of nitrogens with zero attached hydrogens (tertiary/aromatic N) is 1. The number of rotatable bonds is 2. The van der Waals surface area contributed by atoms with Crippen LogP contribution in [0.4, 0.5) is 4.79 Å². The van der Waals surface area contributed by atoms with Gasteiger partial charge in [-0.3, -0.25) is 4.79 Å². The highest BCUT2D eigenvalue weighted by Gasteiger charge is 2.24. The summed E-state index contributed by atoms with van der Waals surface area (Å²) in [5.41, 5.74) is 1.89. The van der Waals surface area contributed by atoms with Gasteiger partial charge < -0.3 is 14.8 Å². The quantitative estimate of drug-likeness (QED) is 0.530. The van der Waals surface area contributed by atoms with Crippen molar-refractivity contribution in [3.05, 3.63) is 70.5 Å². The Kier molecular flexibility index (Phi) is 4.51. The molecule has 29 heavy (non-hydrogen) atoms. The zero-order valence-corrected chi connectivity index (χ0v) is 16.5. The summed E-state index contributed by atoms with van der Waals surface area (Å²) in [7, 11) is 0. The molecule has 0 saturated heterocycles. The van der Waals surface area contributed by atoms with Gasteiger partial charge in [-0.1, -0.05) is 24.3 Å². The van der Waals surface area contributed by atoms with Gasteiger partial charge in [-0.25, -0.2) is 9.36 Å². The topological polar surface area (TPSA) is 84.3 Å². The van der Waals surface area contributed by atoms with Crippen LogP contribution < -0.4 is 5.56 Å². The lowest BCUT2D eigenvalue weighted by atomic mass is 10.1. The Morgan fingerprint density at radius 2 is 1.83 bits per heavy atom. The van der Waals surface area contributed by atoms with Gasteiger partial charge in [0.05, 0.1) is 23.4 Å². The number of aliphatic hydroxyl groups excluding tert-OH is 1. The van der Waals surface area contributed by atoms with E-state index in [2.05, 4.69) is 4.98 Å². The minimum atomic E-state index is -0.689. The van der Waals surface area contributed by atoms with Gasteiger partial charge in [-0.15, -0.1) is 0 Å². The van der Waals surface area contributed by atoms with Crippen LogP contribution in [0.5, 0.6) is 0 Å². The van der Waals surface area contributed by atoms with E-state index in [1.165, 1.54) is 4.57 Å². The van der Waals surface area contributed by atoms with Gasteiger partial charge in [0.1, 0.15) is 5.60 Å². The van der Waals surface area contributed by atoms with Gasteiger partial charge in [0.15, 0.2) is 0 Å². The summed E-state index contributed by atoms with van der Waals surface area (Å²) in [5.74, 6) is 0. The van der Waals surface area contributed by atoms with Crippen LogP contribution in [0, 0.1) is 0 Å². The monoisotopic (exact) mass is 390 g/mol. The van der Waals surface area contributed by atoms with Crippen LogP contribution in [-0.4, -0.2) is 26.4 Å². The Bertz CT molecular complexity index is 1290. The highest BCUT2D eigenvalue weighted by atomic mass is 16.6. The van der Waals surface area contributed by atoms with Crippen LogP contribution in [0.2, 0.25) is 0 Å². The summed E-state index contributed by atoms with van der Waals surface area (Å²) in [4.78, 5) is 28.7. The molecular weight excluding hydrogens is 368 g/mol. The summed E-state index contributed by atoms with van der Waals surface area (Å²) in [6.45, 7) is 5.27. The fourth-order valence-electron chi connectivity index (χ4n) is 3.40. The standard InChI is InChI=1S/C23H22N2O4/c1-23(2,3)29-22(28)25-19-9-8-14(13-26)10-16(19)12-20(25)17-11-15-6-4-5-7-18(15)24-21(17)27/h4-12,26H,13H2,1-3H3,(H,24,27). The first kappa shape index (κ1) is 19.0. The van der Waals surface area contributed by atoms with E-state index < -0.39 is 11.7 Å². The Morgan fingerprint density at radius 1 is 1.07 bits per heavy atom. The second kappa shape index (κ2) is 6.90. The number of para-hydroxylation sites is 1. The molecule has 0 saturated carbocycles. The third-order valence-corrected chi connectivity index (χ3v) is 4.65. The molecule has 0 aliphatic rings. The van der Waals surface area contributed by atoms with Crippen molar-refractivity contribution >= 4 is 27.9 Å². The van der Waals surface area contributed by atoms with Crippen molar-refractivity contribution in [3.8, 4) is 11.3 Å². The largest absolute Gasteiger partial charge is 0.443 e. The number of hydrogen-bond donors (Lipinski definition) is 2. The summed E-state index contributed by atoms with van der Waals surface area (Å²) in [6.07, 6.45) is -0.563. The van der Waals surface area contributed by atoms with Crippen LogP contribution in [0.25, 0.3) is 33.1 Å². The number of aromatic nitrogens is 2. The maximum Gasteiger partial charge on any atom is 0.419 e. The number of nitrogens with one attached hydrogen (secondary N) is 1. The molecule has 2 aromatic carbocycles. The summed E-state index contributed by atoms with van der Waals surface area (Å²) in [5, 5.41) is 11.1. The molecule has 0 bridgehead atoms. The molecule has 4 rings (SSSR count). The number of carbonyl (C=O) groups excluding carboxylic acids is 1. The SMILES string of the molecule is CC(C)(C)OC(=O)n1c(-c2cc3ccccc3[nH]c2=O)cc2cc(CO)ccc21. The number of benzene rings is 2. The van der Waals surface area contributed by atoms with Crippen molar-refractivity contribution in [1.29, 1.82) is 0 Å². The molecule has 2 aromatic heterocycles. The lowest BCUT2D eigenvalue weighted by molar-refractivity contribution is 0.0547. The first-order chi connectivity index (χ1) is 13.8. The molecule has 0 spiro atoms. The number of ether oxygens (including phenoxy) is 1. The number of carbonyl (C=O) groups is 1. The predicted molar refractivity (Wildman–Crippen MR) is 113 cm³/mol. The highest BCUT2D eigenvalue weighted by molar-refractivity contribution is 5.97. The molecule has 6 heteroatoms. The van der Waals surface area contributed by atoms with Crippen LogP contribution in [-0.2, 0) is 11.3 Å². The van der Waals surface area contributed by atoms with E-state index in [4.69, 9.17) is 4.74 Å². The van der Waals surface area contributed by atoms with Gasteiger partial charge in [-0.05, 0) is 62.1 Å². The average molecular weight is 390 g/mol. The van der Waals surface area contributed by atoms with E-state index in [1.807, 2.05) is 24.3 Å². The van der Waals surface area contributed by atoms with Gasteiger partial charge >= 0.3 is 6.09 Å². The third-order valence-electron chi connectivity index (χ3n) is 4.65. The average Bonchev–Trinajstić information content (AvgIpc) is 3.04. The van der Waals surface area contributed by atoms with E-state index in [0.717, 1.165) is 21.9 Å². The minimum absolute atomic E-state index is 0.112. The van der Waals surface area contributed by atoms with Crippen molar-refractivity contribution in [2.24, 2.45) is 0 Å². The van der Waals surface area contributed by atoms with Gasteiger partial charge in [0, 0.05) is 10.9 Å². The Hall–Kier alpha value is -3.38. The zero-order chi connectivity index (χ0) is 20.8. The van der Waals surface area contributed by atoms with Crippen molar-refractivity contribution < 1.29 is 14.6 Å². The Labute approximate surface area is 167 Å². The molecule has 2 heterocycles. The molecule has 0 radical (unpaired) electrons. The van der Waals surface area contributed by atoms with Crippen molar-refractivity contribution in [1.82, 2.24) is 9.55 Å². The van der Waals surface area contributed by atoms with Gasteiger partial charge in [-0.2, -0.15) is 0 Å². The second-order valence-corrected chi connectivity index (χ2v) is 8.00. The van der Waals surface area contributed by atoms with Gasteiger partial charge in [0.25, 0.3) is 5.56 Å². The van der Waals surface area contributed by atoms with Crippen LogP contribution >= 0.6 is 0 Å². The number of aliphatic hydroxyl groups is 1. The van der Waals surface area contributed by atoms with Crippen molar-refractivity contribution in [2.45, 2.75) is 33.0 Å². The molecule has 0 unspecified atom stereocenters. The summed E-state index contributed by atoms with van der Waals surface area (Å²) < 4.78 is 7.02. The number of aromatic amines is 1. The second-order valence-electron chi connectivity index (χ2n) is 8.00. The lowest BCUT2D eigenvalue weighted by Gasteiger charge is -2.21. The predicted octanol–water partition coefficient (Wildman–Crippen LogP) is 4.43. The van der Waals surface area contributed by atoms with E-state index in [-0.39, 0.29) is 12.2 Å². The van der Waals surface area contributed by atoms with Crippen molar-refractivity contribution in [2.75, 3.05) is 0 Å². The molecule has 148 valence electrons. The van der Waals surface area contributed by atoms with Crippen LogP contribution in [0.3, 0.4) is 0 Å².